The van der Waals surface area contributed by atoms with Gasteiger partial charge in [0.1, 0.15) is 11.9 Å². The highest BCUT2D eigenvalue weighted by Crippen LogP contribution is 2.39. The van der Waals surface area contributed by atoms with Crippen molar-refractivity contribution < 1.29 is 14.3 Å². The largest absolute Gasteiger partial charge is 0.480 e. The number of halogens is 1. The maximum absolute atomic E-state index is 13.3. The van der Waals surface area contributed by atoms with Crippen molar-refractivity contribution in [3.8, 4) is 0 Å². The molecule has 1 aromatic rings. The Kier molecular flexibility index (Phi) is 2.31. The van der Waals surface area contributed by atoms with Crippen LogP contribution in [0.2, 0.25) is 0 Å². The quantitative estimate of drug-likeness (QED) is 0.811. The molecule has 0 radical (unpaired) electrons. The fourth-order valence-corrected chi connectivity index (χ4v) is 3.08. The van der Waals surface area contributed by atoms with Gasteiger partial charge >= 0.3 is 5.97 Å². The lowest BCUT2D eigenvalue weighted by molar-refractivity contribution is -0.138. The number of carbonyl (C=O) groups is 1. The van der Waals surface area contributed by atoms with Gasteiger partial charge in [0.05, 0.1) is 0 Å². The molecule has 3 nitrogen and oxygen atoms in total. The Labute approximate surface area is 98.9 Å². The molecule has 2 aliphatic rings. The molecule has 1 saturated heterocycles. The molecule has 0 amide bonds. The number of rotatable bonds is 1. The first kappa shape index (κ1) is 10.6. The van der Waals surface area contributed by atoms with Gasteiger partial charge in [0, 0.05) is 11.7 Å². The Bertz CT molecular complexity index is 474. The van der Waals surface area contributed by atoms with Crippen LogP contribution in [-0.4, -0.2) is 23.2 Å². The zero-order chi connectivity index (χ0) is 12.0. The highest BCUT2D eigenvalue weighted by molar-refractivity contribution is 5.80. The number of carboxylic acid groups (broad SMARTS) is 1. The molecule has 17 heavy (non-hydrogen) atoms. The fraction of sp³-hybridized carbons (Fsp3) is 0.462. The smallest absolute Gasteiger partial charge is 0.326 e. The number of nitrogens with zero attached hydrogens (tertiary/aromatic N) is 1. The molecular weight excluding hydrogens is 221 g/mol. The number of fused-ring (bicyclic) bond motifs is 3. The molecule has 1 fully saturated rings. The lowest BCUT2D eigenvalue weighted by Crippen LogP contribution is -2.43. The van der Waals surface area contributed by atoms with Gasteiger partial charge in [-0.3, -0.25) is 0 Å². The van der Waals surface area contributed by atoms with Crippen LogP contribution in [0, 0.1) is 5.82 Å². The Hall–Kier alpha value is -1.58. The average Bonchev–Trinajstić information content (AvgIpc) is 2.73. The SMILES string of the molecule is O=C(O)C1CCC2CCc3ccc(F)cc3N21. The summed E-state index contributed by atoms with van der Waals surface area (Å²) in [5, 5.41) is 9.21. The zero-order valence-electron chi connectivity index (χ0n) is 9.40. The molecule has 0 saturated carbocycles. The predicted molar refractivity (Wildman–Crippen MR) is 61.6 cm³/mol. The lowest BCUT2D eigenvalue weighted by Gasteiger charge is -2.36. The summed E-state index contributed by atoms with van der Waals surface area (Å²) in [4.78, 5) is 13.1. The van der Waals surface area contributed by atoms with Crippen molar-refractivity contribution in [2.75, 3.05) is 4.90 Å². The molecule has 3 rings (SSSR count). The van der Waals surface area contributed by atoms with E-state index in [-0.39, 0.29) is 11.9 Å². The number of hydrogen-bond donors (Lipinski definition) is 1. The van der Waals surface area contributed by atoms with Crippen molar-refractivity contribution in [1.82, 2.24) is 0 Å². The molecule has 2 heterocycles. The average molecular weight is 235 g/mol. The van der Waals surface area contributed by atoms with Gasteiger partial charge in [-0.1, -0.05) is 6.07 Å². The van der Waals surface area contributed by atoms with E-state index in [9.17, 15) is 14.3 Å². The normalized spacial score (nSPS) is 26.5. The highest BCUT2D eigenvalue weighted by Gasteiger charge is 2.40. The summed E-state index contributed by atoms with van der Waals surface area (Å²) >= 11 is 0. The molecule has 2 aliphatic heterocycles. The molecule has 0 spiro atoms. The molecule has 1 N–H and O–H groups in total. The molecule has 1 aromatic carbocycles. The van der Waals surface area contributed by atoms with Gasteiger partial charge in [0.25, 0.3) is 0 Å². The lowest BCUT2D eigenvalue weighted by atomic mass is 9.96. The molecule has 2 atom stereocenters. The standard InChI is InChI=1S/C13H14FNO2/c14-9-3-1-8-2-4-10-5-6-11(13(16)17)15(10)12(8)7-9/h1,3,7,10-11H,2,4-6H2,(H,16,17). The van der Waals surface area contributed by atoms with Crippen molar-refractivity contribution in [2.24, 2.45) is 0 Å². The summed E-state index contributed by atoms with van der Waals surface area (Å²) in [5.41, 5.74) is 1.85. The van der Waals surface area contributed by atoms with Gasteiger partial charge in [0.2, 0.25) is 0 Å². The maximum atomic E-state index is 13.3. The Balaban J connectivity index is 2.06. The van der Waals surface area contributed by atoms with Gasteiger partial charge < -0.3 is 10.0 Å². The first-order chi connectivity index (χ1) is 8.16. The molecule has 0 aliphatic carbocycles. The summed E-state index contributed by atoms with van der Waals surface area (Å²) < 4.78 is 13.3. The van der Waals surface area contributed by atoms with E-state index in [1.165, 1.54) is 12.1 Å². The number of aryl methyl sites for hydroxylation is 1. The summed E-state index contributed by atoms with van der Waals surface area (Å²) in [6.45, 7) is 0. The van der Waals surface area contributed by atoms with Crippen LogP contribution in [0.15, 0.2) is 18.2 Å². The second-order valence-electron chi connectivity index (χ2n) is 4.80. The topological polar surface area (TPSA) is 40.5 Å². The Morgan fingerprint density at radius 2 is 2.18 bits per heavy atom. The van der Waals surface area contributed by atoms with E-state index >= 15 is 0 Å². The number of carboxylic acids is 1. The molecular formula is C13H14FNO2. The van der Waals surface area contributed by atoms with Crippen molar-refractivity contribution in [3.05, 3.63) is 29.6 Å². The molecule has 90 valence electrons. The summed E-state index contributed by atoms with van der Waals surface area (Å²) in [6.07, 6.45) is 3.45. The van der Waals surface area contributed by atoms with Gasteiger partial charge in [-0.25, -0.2) is 9.18 Å². The van der Waals surface area contributed by atoms with Crippen LogP contribution in [0.25, 0.3) is 0 Å². The molecule has 2 unspecified atom stereocenters. The van der Waals surface area contributed by atoms with Crippen LogP contribution < -0.4 is 4.90 Å². The minimum absolute atomic E-state index is 0.269. The summed E-state index contributed by atoms with van der Waals surface area (Å²) in [7, 11) is 0. The second-order valence-corrected chi connectivity index (χ2v) is 4.80. The van der Waals surface area contributed by atoms with Crippen molar-refractivity contribution in [2.45, 2.75) is 37.8 Å². The van der Waals surface area contributed by atoms with E-state index in [2.05, 4.69) is 0 Å². The summed E-state index contributed by atoms with van der Waals surface area (Å²) in [6, 6.07) is 4.48. The minimum Gasteiger partial charge on any atom is -0.480 e. The Morgan fingerprint density at radius 3 is 2.94 bits per heavy atom. The van der Waals surface area contributed by atoms with Gasteiger partial charge in [-0.15, -0.1) is 0 Å². The monoisotopic (exact) mass is 235 g/mol. The Morgan fingerprint density at radius 1 is 1.35 bits per heavy atom. The van der Waals surface area contributed by atoms with E-state index in [4.69, 9.17) is 0 Å². The second kappa shape index (κ2) is 3.72. The van der Waals surface area contributed by atoms with Crippen molar-refractivity contribution >= 4 is 11.7 Å². The number of hydrogen-bond acceptors (Lipinski definition) is 2. The fourth-order valence-electron chi connectivity index (χ4n) is 3.08. The van der Waals surface area contributed by atoms with E-state index in [0.29, 0.717) is 6.42 Å². The third kappa shape index (κ3) is 1.59. The van der Waals surface area contributed by atoms with Crippen molar-refractivity contribution in [1.29, 1.82) is 0 Å². The van der Waals surface area contributed by atoms with Crippen LogP contribution in [0.3, 0.4) is 0 Å². The van der Waals surface area contributed by atoms with Gasteiger partial charge in [-0.2, -0.15) is 0 Å². The number of anilines is 1. The third-order valence-corrected chi connectivity index (χ3v) is 3.86. The molecule has 4 heteroatoms. The van der Waals surface area contributed by atoms with Crippen LogP contribution >= 0.6 is 0 Å². The minimum atomic E-state index is -0.801. The van der Waals surface area contributed by atoms with Crippen molar-refractivity contribution in [3.63, 3.8) is 0 Å². The van der Waals surface area contributed by atoms with Crippen LogP contribution in [0.4, 0.5) is 10.1 Å². The molecule has 0 aromatic heterocycles. The van der Waals surface area contributed by atoms with E-state index in [1.54, 1.807) is 6.07 Å². The van der Waals surface area contributed by atoms with Gasteiger partial charge in [0.15, 0.2) is 0 Å². The predicted octanol–water partition coefficient (Wildman–Crippen LogP) is 2.19. The van der Waals surface area contributed by atoms with Crippen LogP contribution in [-0.2, 0) is 11.2 Å². The van der Waals surface area contributed by atoms with E-state index < -0.39 is 12.0 Å². The third-order valence-electron chi connectivity index (χ3n) is 3.86. The maximum Gasteiger partial charge on any atom is 0.326 e. The van der Waals surface area contributed by atoms with E-state index in [0.717, 1.165) is 30.5 Å². The summed E-state index contributed by atoms with van der Waals surface area (Å²) in [5.74, 6) is -1.09. The number of aliphatic carboxylic acids is 1. The van der Waals surface area contributed by atoms with Crippen LogP contribution in [0.1, 0.15) is 24.8 Å². The van der Waals surface area contributed by atoms with E-state index in [1.807, 2.05) is 4.90 Å². The first-order valence-electron chi connectivity index (χ1n) is 5.96. The van der Waals surface area contributed by atoms with Crippen LogP contribution in [0.5, 0.6) is 0 Å². The van der Waals surface area contributed by atoms with Gasteiger partial charge in [-0.05, 0) is 43.4 Å². The number of benzene rings is 1. The highest BCUT2D eigenvalue weighted by atomic mass is 19.1. The molecule has 0 bridgehead atoms. The zero-order valence-corrected chi connectivity index (χ0v) is 9.40. The first-order valence-corrected chi connectivity index (χ1v) is 5.96.